The lowest BCUT2D eigenvalue weighted by molar-refractivity contribution is 0.0208. The molecule has 1 unspecified atom stereocenters. The van der Waals surface area contributed by atoms with E-state index in [4.69, 9.17) is 4.74 Å². The molecule has 140 valence electrons. The third-order valence-corrected chi connectivity index (χ3v) is 7.13. The van der Waals surface area contributed by atoms with Gasteiger partial charge in [-0.05, 0) is 65.7 Å². The van der Waals surface area contributed by atoms with Gasteiger partial charge in [-0.15, -0.1) is 11.3 Å². The van der Waals surface area contributed by atoms with Gasteiger partial charge in [0.1, 0.15) is 11.1 Å². The normalized spacial score (nSPS) is 25.3. The van der Waals surface area contributed by atoms with Crippen molar-refractivity contribution < 1.29 is 9.53 Å². The molecule has 4 nitrogen and oxygen atoms in total. The van der Waals surface area contributed by atoms with Gasteiger partial charge in [-0.2, -0.15) is 11.3 Å². The highest BCUT2D eigenvalue weighted by Gasteiger charge is 2.41. The van der Waals surface area contributed by atoms with E-state index in [-0.39, 0.29) is 12.2 Å². The number of ether oxygens (including phenoxy) is 1. The van der Waals surface area contributed by atoms with Crippen molar-refractivity contribution in [3.05, 3.63) is 39.9 Å². The summed E-state index contributed by atoms with van der Waals surface area (Å²) in [5.74, 6) is 0. The molecule has 0 spiro atoms. The van der Waals surface area contributed by atoms with Crippen LogP contribution in [0.3, 0.4) is 0 Å². The molecule has 2 aliphatic rings. The van der Waals surface area contributed by atoms with E-state index < -0.39 is 0 Å². The Morgan fingerprint density at radius 2 is 2.08 bits per heavy atom. The van der Waals surface area contributed by atoms with Gasteiger partial charge in [0, 0.05) is 24.9 Å². The van der Waals surface area contributed by atoms with Crippen LogP contribution in [0.15, 0.2) is 34.3 Å². The fraction of sp³-hybridized carbons (Fsp3) is 0.550. The highest BCUT2D eigenvalue weighted by atomic mass is 32.1. The van der Waals surface area contributed by atoms with Crippen molar-refractivity contribution in [1.29, 1.82) is 0 Å². The first-order valence-electron chi connectivity index (χ1n) is 9.53. The summed E-state index contributed by atoms with van der Waals surface area (Å²) in [7, 11) is 0. The van der Waals surface area contributed by atoms with Gasteiger partial charge >= 0.3 is 6.09 Å². The zero-order valence-corrected chi connectivity index (χ0v) is 16.8. The molecule has 2 bridgehead atoms. The number of hydrogen-bond donors (Lipinski definition) is 0. The van der Waals surface area contributed by atoms with Gasteiger partial charge in [0.25, 0.3) is 0 Å². The molecule has 2 fully saturated rings. The second kappa shape index (κ2) is 8.11. The Hall–Kier alpha value is -1.37. The van der Waals surface area contributed by atoms with Crippen molar-refractivity contribution in [3.63, 3.8) is 0 Å². The topological polar surface area (TPSA) is 32.8 Å². The molecule has 1 amide bonds. The third-order valence-electron chi connectivity index (χ3n) is 5.50. The average molecular weight is 391 g/mol. The molecule has 2 aromatic rings. The summed E-state index contributed by atoms with van der Waals surface area (Å²) in [5, 5.41) is 7.10. The van der Waals surface area contributed by atoms with Gasteiger partial charge in [0.15, 0.2) is 0 Å². The van der Waals surface area contributed by atoms with Gasteiger partial charge in [-0.25, -0.2) is 4.79 Å². The lowest BCUT2D eigenvalue weighted by Gasteiger charge is -2.38. The zero-order chi connectivity index (χ0) is 17.9. The quantitative estimate of drug-likeness (QED) is 0.666. The third kappa shape index (κ3) is 3.82. The molecule has 4 heterocycles. The molecule has 2 aliphatic heterocycles. The second-order valence-electron chi connectivity index (χ2n) is 7.27. The van der Waals surface area contributed by atoms with Crippen LogP contribution in [-0.4, -0.2) is 35.7 Å². The maximum Gasteiger partial charge on any atom is 0.415 e. The molecule has 0 radical (unpaired) electrons. The number of fused-ring (bicyclic) bond motifs is 2. The maximum absolute atomic E-state index is 13.0. The van der Waals surface area contributed by atoms with Crippen molar-refractivity contribution in [3.8, 4) is 0 Å². The predicted octanol–water partition coefficient (Wildman–Crippen LogP) is 5.36. The Morgan fingerprint density at radius 1 is 1.27 bits per heavy atom. The number of carbonyl (C=O) groups excluding carboxylic acids is 1. The van der Waals surface area contributed by atoms with Gasteiger partial charge in [0.2, 0.25) is 0 Å². The maximum atomic E-state index is 13.0. The van der Waals surface area contributed by atoms with Crippen molar-refractivity contribution in [1.82, 2.24) is 4.90 Å². The zero-order valence-electron chi connectivity index (χ0n) is 15.2. The molecule has 0 saturated carbocycles. The molecular weight excluding hydrogens is 364 g/mol. The fourth-order valence-corrected chi connectivity index (χ4v) is 5.75. The van der Waals surface area contributed by atoms with Gasteiger partial charge in [-0.3, -0.25) is 9.80 Å². The predicted molar refractivity (Wildman–Crippen MR) is 108 cm³/mol. The number of nitrogens with zero attached hydrogens (tertiary/aromatic N) is 2. The Kier molecular flexibility index (Phi) is 5.62. The van der Waals surface area contributed by atoms with Crippen LogP contribution in [0.5, 0.6) is 0 Å². The Labute approximate surface area is 163 Å². The molecule has 0 aliphatic carbocycles. The van der Waals surface area contributed by atoms with E-state index in [1.165, 1.54) is 25.8 Å². The van der Waals surface area contributed by atoms with Crippen molar-refractivity contribution in [2.75, 3.05) is 11.4 Å². The number of thiophene rings is 2. The largest absolute Gasteiger partial charge is 0.446 e. The summed E-state index contributed by atoms with van der Waals surface area (Å²) >= 11 is 3.24. The summed E-state index contributed by atoms with van der Waals surface area (Å²) in [6, 6.07) is 7.24. The number of amides is 1. The highest BCUT2D eigenvalue weighted by molar-refractivity contribution is 7.14. The Balaban J connectivity index is 1.42. The molecular formula is C20H26N2O2S2. The van der Waals surface area contributed by atoms with E-state index in [1.807, 2.05) is 17.5 Å². The van der Waals surface area contributed by atoms with E-state index in [0.29, 0.717) is 18.6 Å². The Bertz CT molecular complexity index is 687. The monoisotopic (exact) mass is 390 g/mol. The van der Waals surface area contributed by atoms with E-state index in [2.05, 4.69) is 28.7 Å². The number of anilines is 1. The van der Waals surface area contributed by atoms with Crippen molar-refractivity contribution in [2.45, 2.75) is 63.8 Å². The van der Waals surface area contributed by atoms with Crippen LogP contribution < -0.4 is 4.90 Å². The van der Waals surface area contributed by atoms with Crippen LogP contribution in [0.4, 0.5) is 9.80 Å². The molecule has 2 saturated heterocycles. The average Bonchev–Trinajstić information content (AvgIpc) is 3.36. The lowest BCUT2D eigenvalue weighted by atomic mass is 9.99. The van der Waals surface area contributed by atoms with E-state index in [1.54, 1.807) is 27.6 Å². The van der Waals surface area contributed by atoms with E-state index in [9.17, 15) is 4.79 Å². The standard InChI is InChI=1S/C20H26N2O2S2/c1-2-8-21-16-5-6-17(21)12-18(11-16)24-20(23)22(19-4-3-9-26-19)13-15-7-10-25-14-15/h3-4,7,9-10,14,16-18H,2,5-6,8,11-13H2,1H3/t16-,17+,18?. The summed E-state index contributed by atoms with van der Waals surface area (Å²) < 4.78 is 6.00. The summed E-state index contributed by atoms with van der Waals surface area (Å²) in [5.41, 5.74) is 1.15. The molecule has 3 atom stereocenters. The second-order valence-corrected chi connectivity index (χ2v) is 8.98. The molecule has 0 N–H and O–H groups in total. The van der Waals surface area contributed by atoms with Crippen LogP contribution in [0.25, 0.3) is 0 Å². The van der Waals surface area contributed by atoms with Gasteiger partial charge < -0.3 is 4.74 Å². The SMILES string of the molecule is CCCN1[C@@H]2CC[C@H]1CC(OC(=O)N(Cc1ccsc1)c1cccs1)C2. The van der Waals surface area contributed by atoms with Crippen molar-refractivity contribution >= 4 is 33.8 Å². The number of hydrogen-bond acceptors (Lipinski definition) is 5. The fourth-order valence-electron chi connectivity index (χ4n) is 4.37. The van der Waals surface area contributed by atoms with Crippen molar-refractivity contribution in [2.24, 2.45) is 0 Å². The lowest BCUT2D eigenvalue weighted by Crippen LogP contribution is -2.47. The number of rotatable bonds is 6. The van der Waals surface area contributed by atoms with Crippen LogP contribution in [0.1, 0.15) is 44.6 Å². The van der Waals surface area contributed by atoms with E-state index in [0.717, 1.165) is 23.4 Å². The molecule has 2 aromatic heterocycles. The molecule has 26 heavy (non-hydrogen) atoms. The number of piperidine rings is 1. The molecule has 6 heteroatoms. The first-order valence-corrected chi connectivity index (χ1v) is 11.3. The van der Waals surface area contributed by atoms with Gasteiger partial charge in [0.05, 0.1) is 6.54 Å². The first-order chi connectivity index (χ1) is 12.7. The van der Waals surface area contributed by atoms with Crippen LogP contribution in [0, 0.1) is 0 Å². The first kappa shape index (κ1) is 18.0. The number of carbonyl (C=O) groups is 1. The molecule has 0 aromatic carbocycles. The van der Waals surface area contributed by atoms with Gasteiger partial charge in [-0.1, -0.05) is 6.92 Å². The smallest absolute Gasteiger partial charge is 0.415 e. The van der Waals surface area contributed by atoms with E-state index >= 15 is 0 Å². The minimum Gasteiger partial charge on any atom is -0.446 e. The summed E-state index contributed by atoms with van der Waals surface area (Å²) in [6.07, 6.45) is 5.53. The highest BCUT2D eigenvalue weighted by Crippen LogP contribution is 2.37. The summed E-state index contributed by atoms with van der Waals surface area (Å²) in [4.78, 5) is 17.4. The van der Waals surface area contributed by atoms with Crippen LogP contribution in [0.2, 0.25) is 0 Å². The minimum absolute atomic E-state index is 0.0537. The van der Waals surface area contributed by atoms with Crippen LogP contribution in [-0.2, 0) is 11.3 Å². The van der Waals surface area contributed by atoms with Crippen LogP contribution >= 0.6 is 22.7 Å². The summed E-state index contributed by atoms with van der Waals surface area (Å²) in [6.45, 7) is 3.99. The minimum atomic E-state index is -0.202. The Morgan fingerprint density at radius 3 is 2.69 bits per heavy atom. The molecule has 4 rings (SSSR count).